The molecule has 0 aliphatic carbocycles. The second kappa shape index (κ2) is 5.97. The molecule has 2 rings (SSSR count). The molecule has 7 heteroatoms. The number of nitrogens with one attached hydrogen (secondary N) is 2. The molecule has 0 saturated carbocycles. The van der Waals surface area contributed by atoms with E-state index in [0.717, 1.165) is 12.1 Å². The minimum absolute atomic E-state index is 0.181. The third kappa shape index (κ3) is 3.30. The Bertz CT molecular complexity index is 513. The van der Waals surface area contributed by atoms with Gasteiger partial charge in [0.15, 0.2) is 11.5 Å². The number of H-pyrrole nitrogens is 1. The lowest BCUT2D eigenvalue weighted by atomic mass is 10.2. The summed E-state index contributed by atoms with van der Waals surface area (Å²) in [6, 6.07) is 0. The van der Waals surface area contributed by atoms with Gasteiger partial charge in [0.1, 0.15) is 5.52 Å². The highest BCUT2D eigenvalue weighted by molar-refractivity contribution is 6.28. The summed E-state index contributed by atoms with van der Waals surface area (Å²) in [7, 11) is 0. The molecule has 0 spiro atoms. The molecule has 0 bridgehead atoms. The molecule has 98 valence electrons. The normalized spacial score (nSPS) is 11.3. The van der Waals surface area contributed by atoms with E-state index in [1.165, 1.54) is 0 Å². The number of rotatable bonds is 6. The molecule has 6 nitrogen and oxygen atoms in total. The Morgan fingerprint density at radius 1 is 1.44 bits per heavy atom. The van der Waals surface area contributed by atoms with Crippen molar-refractivity contribution >= 4 is 28.6 Å². The summed E-state index contributed by atoms with van der Waals surface area (Å²) in [5.41, 5.74) is 1.31. The average Bonchev–Trinajstić information content (AvgIpc) is 2.75. The van der Waals surface area contributed by atoms with Crippen molar-refractivity contribution in [2.24, 2.45) is 5.92 Å². The Balaban J connectivity index is 1.93. The van der Waals surface area contributed by atoms with Gasteiger partial charge in [-0.25, -0.2) is 4.98 Å². The number of hydrogen-bond donors (Lipinski definition) is 2. The highest BCUT2D eigenvalue weighted by atomic mass is 35.5. The molecule has 18 heavy (non-hydrogen) atoms. The fourth-order valence-electron chi connectivity index (χ4n) is 1.50. The quantitative estimate of drug-likeness (QED) is 0.620. The van der Waals surface area contributed by atoms with Crippen molar-refractivity contribution in [3.63, 3.8) is 0 Å². The first kappa shape index (κ1) is 13.0. The van der Waals surface area contributed by atoms with E-state index in [9.17, 15) is 0 Å². The van der Waals surface area contributed by atoms with Crippen LogP contribution in [0.15, 0.2) is 6.33 Å². The minimum Gasteiger partial charge on any atom is -0.379 e. The van der Waals surface area contributed by atoms with E-state index >= 15 is 0 Å². The van der Waals surface area contributed by atoms with Crippen molar-refractivity contribution in [1.29, 1.82) is 0 Å². The zero-order chi connectivity index (χ0) is 13.0. The van der Waals surface area contributed by atoms with Gasteiger partial charge >= 0.3 is 0 Å². The van der Waals surface area contributed by atoms with E-state index in [1.807, 2.05) is 0 Å². The number of aromatic nitrogens is 4. The number of aromatic amines is 1. The van der Waals surface area contributed by atoms with E-state index in [1.54, 1.807) is 6.33 Å². The largest absolute Gasteiger partial charge is 0.379 e. The summed E-state index contributed by atoms with van der Waals surface area (Å²) >= 11 is 5.82. The van der Waals surface area contributed by atoms with Crippen LogP contribution in [0.5, 0.6) is 0 Å². The van der Waals surface area contributed by atoms with Crippen LogP contribution in [0.4, 0.5) is 5.82 Å². The van der Waals surface area contributed by atoms with E-state index in [-0.39, 0.29) is 5.28 Å². The fourth-order valence-corrected chi connectivity index (χ4v) is 1.66. The third-order valence-electron chi connectivity index (χ3n) is 2.25. The van der Waals surface area contributed by atoms with Gasteiger partial charge in [0, 0.05) is 13.2 Å². The summed E-state index contributed by atoms with van der Waals surface area (Å²) < 4.78 is 5.48. The first-order valence-corrected chi connectivity index (χ1v) is 6.23. The number of ether oxygens (including phenoxy) is 1. The van der Waals surface area contributed by atoms with Crippen molar-refractivity contribution in [1.82, 2.24) is 19.9 Å². The van der Waals surface area contributed by atoms with E-state index < -0.39 is 0 Å². The minimum atomic E-state index is 0.181. The highest BCUT2D eigenvalue weighted by Crippen LogP contribution is 2.17. The maximum atomic E-state index is 5.82. The standard InChI is InChI=1S/C11H16ClN5O/c1-7(2)5-18-4-3-13-9-8-10(15-6-14-8)17-11(12)16-9/h6-7H,3-5H2,1-2H3,(H2,13,14,15,16,17). The van der Waals surface area contributed by atoms with Crippen LogP contribution in [0.1, 0.15) is 13.8 Å². The van der Waals surface area contributed by atoms with Crippen molar-refractivity contribution < 1.29 is 4.74 Å². The second-order valence-electron chi connectivity index (χ2n) is 4.34. The molecular formula is C11H16ClN5O. The zero-order valence-corrected chi connectivity index (χ0v) is 11.2. The number of anilines is 1. The lowest BCUT2D eigenvalue weighted by molar-refractivity contribution is 0.118. The molecule has 0 saturated heterocycles. The smallest absolute Gasteiger partial charge is 0.226 e. The average molecular weight is 270 g/mol. The van der Waals surface area contributed by atoms with Crippen molar-refractivity contribution in [2.45, 2.75) is 13.8 Å². The fraction of sp³-hybridized carbons (Fsp3) is 0.545. The van der Waals surface area contributed by atoms with Crippen molar-refractivity contribution in [2.75, 3.05) is 25.1 Å². The van der Waals surface area contributed by atoms with Gasteiger partial charge < -0.3 is 15.0 Å². The molecule has 0 atom stereocenters. The van der Waals surface area contributed by atoms with Gasteiger partial charge in [-0.2, -0.15) is 9.97 Å². The van der Waals surface area contributed by atoms with Gasteiger partial charge in [0.2, 0.25) is 5.28 Å². The first-order chi connectivity index (χ1) is 8.66. The Hall–Kier alpha value is -1.40. The molecule has 2 aromatic heterocycles. The summed E-state index contributed by atoms with van der Waals surface area (Å²) in [5.74, 6) is 1.19. The SMILES string of the molecule is CC(C)COCCNc1nc(Cl)nc2nc[nH]c12. The number of hydrogen-bond acceptors (Lipinski definition) is 5. The van der Waals surface area contributed by atoms with Gasteiger partial charge in [0.25, 0.3) is 0 Å². The monoisotopic (exact) mass is 269 g/mol. The first-order valence-electron chi connectivity index (χ1n) is 5.85. The number of fused-ring (bicyclic) bond motifs is 1. The van der Waals surface area contributed by atoms with Gasteiger partial charge in [-0.1, -0.05) is 13.8 Å². The topological polar surface area (TPSA) is 75.7 Å². The molecule has 0 aromatic carbocycles. The zero-order valence-electron chi connectivity index (χ0n) is 10.4. The third-order valence-corrected chi connectivity index (χ3v) is 2.42. The van der Waals surface area contributed by atoms with Crippen molar-refractivity contribution in [3.8, 4) is 0 Å². The van der Waals surface area contributed by atoms with Crippen LogP contribution in [-0.2, 0) is 4.74 Å². The van der Waals surface area contributed by atoms with Gasteiger partial charge in [-0.15, -0.1) is 0 Å². The molecule has 2 aromatic rings. The predicted molar refractivity (Wildman–Crippen MR) is 70.8 cm³/mol. The Kier molecular flexibility index (Phi) is 4.33. The van der Waals surface area contributed by atoms with Crippen LogP contribution in [0.2, 0.25) is 5.28 Å². The molecule has 0 aliphatic rings. The van der Waals surface area contributed by atoms with Gasteiger partial charge in [-0.3, -0.25) is 0 Å². The summed E-state index contributed by atoms with van der Waals surface area (Å²) in [4.78, 5) is 15.1. The Labute approximate surface area is 110 Å². The van der Waals surface area contributed by atoms with Crippen LogP contribution in [0.3, 0.4) is 0 Å². The van der Waals surface area contributed by atoms with Crippen LogP contribution >= 0.6 is 11.6 Å². The molecule has 2 heterocycles. The molecule has 0 fully saturated rings. The Morgan fingerprint density at radius 3 is 3.06 bits per heavy atom. The molecule has 0 unspecified atom stereocenters. The lowest BCUT2D eigenvalue weighted by Crippen LogP contribution is -2.13. The summed E-state index contributed by atoms with van der Waals surface area (Å²) in [6.45, 7) is 6.27. The number of imidazole rings is 1. The lowest BCUT2D eigenvalue weighted by Gasteiger charge is -2.08. The van der Waals surface area contributed by atoms with Crippen LogP contribution < -0.4 is 5.32 Å². The van der Waals surface area contributed by atoms with E-state index in [2.05, 4.69) is 39.1 Å². The van der Waals surface area contributed by atoms with Crippen molar-refractivity contribution in [3.05, 3.63) is 11.6 Å². The molecule has 0 amide bonds. The molecule has 0 radical (unpaired) electrons. The van der Waals surface area contributed by atoms with Gasteiger partial charge in [-0.05, 0) is 17.5 Å². The molecule has 2 N–H and O–H groups in total. The number of nitrogens with zero attached hydrogens (tertiary/aromatic N) is 3. The van der Waals surface area contributed by atoms with Crippen LogP contribution in [-0.4, -0.2) is 39.7 Å². The Morgan fingerprint density at radius 2 is 2.28 bits per heavy atom. The predicted octanol–water partition coefficient (Wildman–Crippen LogP) is 2.09. The van der Waals surface area contributed by atoms with Gasteiger partial charge in [0.05, 0.1) is 12.9 Å². The van der Waals surface area contributed by atoms with E-state index in [4.69, 9.17) is 16.3 Å². The maximum absolute atomic E-state index is 5.82. The summed E-state index contributed by atoms with van der Waals surface area (Å²) in [6.07, 6.45) is 1.57. The van der Waals surface area contributed by atoms with E-state index in [0.29, 0.717) is 30.5 Å². The van der Waals surface area contributed by atoms with Crippen LogP contribution in [0, 0.1) is 5.92 Å². The molecule has 0 aliphatic heterocycles. The summed E-state index contributed by atoms with van der Waals surface area (Å²) in [5, 5.41) is 3.34. The maximum Gasteiger partial charge on any atom is 0.226 e. The highest BCUT2D eigenvalue weighted by Gasteiger charge is 2.07. The second-order valence-corrected chi connectivity index (χ2v) is 4.68. The number of halogens is 1. The van der Waals surface area contributed by atoms with Crippen LogP contribution in [0.25, 0.3) is 11.2 Å². The molecular weight excluding hydrogens is 254 g/mol.